The zero-order valence-electron chi connectivity index (χ0n) is 5.86. The van der Waals surface area contributed by atoms with Crippen molar-refractivity contribution in [1.82, 2.24) is 14.5 Å². The zero-order valence-corrected chi connectivity index (χ0v) is 5.86. The van der Waals surface area contributed by atoms with Gasteiger partial charge in [-0.3, -0.25) is 0 Å². The normalized spacial score (nSPS) is 15.5. The van der Waals surface area contributed by atoms with E-state index in [-0.39, 0.29) is 0 Å². The van der Waals surface area contributed by atoms with Crippen molar-refractivity contribution in [3.63, 3.8) is 0 Å². The molecular formula is C7H9N3. The van der Waals surface area contributed by atoms with Gasteiger partial charge in [0.2, 0.25) is 0 Å². The van der Waals surface area contributed by atoms with E-state index in [1.54, 1.807) is 0 Å². The Labute approximate surface area is 59.6 Å². The maximum absolute atomic E-state index is 4.02. The van der Waals surface area contributed by atoms with Gasteiger partial charge in [0.1, 0.15) is 0 Å². The first-order valence-electron chi connectivity index (χ1n) is 3.25. The maximum atomic E-state index is 4.02. The number of imidazole rings is 1. The van der Waals surface area contributed by atoms with Crippen molar-refractivity contribution in [3.8, 4) is 0 Å². The average Bonchev–Trinajstić information content (AvgIpc) is 2.33. The van der Waals surface area contributed by atoms with Crippen molar-refractivity contribution in [2.45, 2.75) is 6.67 Å². The number of rotatable bonds is 0. The van der Waals surface area contributed by atoms with Crippen molar-refractivity contribution in [1.29, 1.82) is 0 Å². The summed E-state index contributed by atoms with van der Waals surface area (Å²) >= 11 is 0. The summed E-state index contributed by atoms with van der Waals surface area (Å²) in [5.41, 5.74) is 1.18. The van der Waals surface area contributed by atoms with Crippen LogP contribution in [0.4, 0.5) is 0 Å². The highest BCUT2D eigenvalue weighted by atomic mass is 15.2. The molecule has 0 bridgehead atoms. The summed E-state index contributed by atoms with van der Waals surface area (Å²) in [7, 11) is 2.04. The van der Waals surface area contributed by atoms with Crippen LogP contribution < -0.4 is 0 Å². The molecule has 1 aromatic rings. The number of hydrogen-bond acceptors (Lipinski definition) is 2. The Balaban J connectivity index is 2.43. The Morgan fingerprint density at radius 1 is 1.60 bits per heavy atom. The Hall–Kier alpha value is -1.25. The number of aromatic nitrogens is 2. The van der Waals surface area contributed by atoms with E-state index in [0.717, 1.165) is 6.67 Å². The van der Waals surface area contributed by atoms with Crippen LogP contribution in [0.25, 0.3) is 6.08 Å². The fourth-order valence-corrected chi connectivity index (χ4v) is 1.08. The lowest BCUT2D eigenvalue weighted by Crippen LogP contribution is -2.19. The van der Waals surface area contributed by atoms with Gasteiger partial charge in [-0.1, -0.05) is 0 Å². The minimum Gasteiger partial charge on any atom is -0.363 e. The quantitative estimate of drug-likeness (QED) is 0.523. The monoisotopic (exact) mass is 135 g/mol. The summed E-state index contributed by atoms with van der Waals surface area (Å²) in [5.74, 6) is 0. The van der Waals surface area contributed by atoms with Gasteiger partial charge in [0, 0.05) is 13.2 Å². The summed E-state index contributed by atoms with van der Waals surface area (Å²) in [5, 5.41) is 0. The molecule has 0 saturated heterocycles. The second kappa shape index (κ2) is 1.87. The molecule has 3 nitrogen and oxygen atoms in total. The molecule has 0 spiro atoms. The molecule has 0 unspecified atom stereocenters. The molecule has 0 amide bonds. The van der Waals surface area contributed by atoms with Crippen LogP contribution in [0, 0.1) is 0 Å². The molecule has 1 aromatic heterocycles. The summed E-state index contributed by atoms with van der Waals surface area (Å²) < 4.78 is 2.10. The van der Waals surface area contributed by atoms with E-state index in [0.29, 0.717) is 0 Å². The van der Waals surface area contributed by atoms with Gasteiger partial charge in [0.05, 0.1) is 24.9 Å². The number of nitrogens with zero attached hydrogens (tertiary/aromatic N) is 3. The Morgan fingerprint density at radius 2 is 2.50 bits per heavy atom. The number of fused-ring (bicyclic) bond motifs is 1. The van der Waals surface area contributed by atoms with E-state index in [1.165, 1.54) is 5.69 Å². The Kier molecular flexibility index (Phi) is 1.03. The van der Waals surface area contributed by atoms with Crippen LogP contribution in [-0.4, -0.2) is 21.5 Å². The van der Waals surface area contributed by atoms with Crippen LogP contribution in [0.2, 0.25) is 0 Å². The largest absolute Gasteiger partial charge is 0.363 e. The van der Waals surface area contributed by atoms with Crippen LogP contribution >= 0.6 is 0 Å². The molecule has 0 aromatic carbocycles. The summed E-state index contributed by atoms with van der Waals surface area (Å²) in [6.07, 6.45) is 7.81. The lowest BCUT2D eigenvalue weighted by molar-refractivity contribution is 0.356. The van der Waals surface area contributed by atoms with Crippen molar-refractivity contribution >= 4 is 6.08 Å². The van der Waals surface area contributed by atoms with Gasteiger partial charge < -0.3 is 9.47 Å². The van der Waals surface area contributed by atoms with E-state index < -0.39 is 0 Å². The first kappa shape index (κ1) is 5.53. The van der Waals surface area contributed by atoms with Gasteiger partial charge in [0.15, 0.2) is 0 Å². The fraction of sp³-hybridized carbons (Fsp3) is 0.286. The second-order valence-corrected chi connectivity index (χ2v) is 2.50. The molecule has 2 heterocycles. The predicted molar refractivity (Wildman–Crippen MR) is 39.0 cm³/mol. The molecule has 10 heavy (non-hydrogen) atoms. The van der Waals surface area contributed by atoms with Gasteiger partial charge >= 0.3 is 0 Å². The fourth-order valence-electron chi connectivity index (χ4n) is 1.08. The smallest absolute Gasteiger partial charge is 0.0965 e. The molecule has 0 atom stereocenters. The standard InChI is InChI=1S/C7H9N3/c1-9-3-2-7-4-8-5-10(7)6-9/h2-5H,6H2,1H3. The minimum absolute atomic E-state index is 0.909. The summed E-state index contributed by atoms with van der Waals surface area (Å²) in [6.45, 7) is 0.909. The molecular weight excluding hydrogens is 126 g/mol. The lowest BCUT2D eigenvalue weighted by Gasteiger charge is -2.19. The van der Waals surface area contributed by atoms with Crippen LogP contribution in [0.1, 0.15) is 5.69 Å². The third-order valence-corrected chi connectivity index (χ3v) is 1.62. The summed E-state index contributed by atoms with van der Waals surface area (Å²) in [6, 6.07) is 0. The van der Waals surface area contributed by atoms with E-state index in [1.807, 2.05) is 19.6 Å². The van der Waals surface area contributed by atoms with Crippen LogP contribution in [0.5, 0.6) is 0 Å². The van der Waals surface area contributed by atoms with Gasteiger partial charge in [-0.15, -0.1) is 0 Å². The predicted octanol–water partition coefficient (Wildman–Crippen LogP) is 0.757. The van der Waals surface area contributed by atoms with Crippen molar-refractivity contribution < 1.29 is 0 Å². The third-order valence-electron chi connectivity index (χ3n) is 1.62. The maximum Gasteiger partial charge on any atom is 0.0965 e. The van der Waals surface area contributed by atoms with Crippen molar-refractivity contribution in [2.75, 3.05) is 7.05 Å². The van der Waals surface area contributed by atoms with Gasteiger partial charge in [-0.2, -0.15) is 0 Å². The molecule has 2 rings (SSSR count). The molecule has 0 aliphatic carbocycles. The minimum atomic E-state index is 0.909. The topological polar surface area (TPSA) is 21.1 Å². The highest BCUT2D eigenvalue weighted by Crippen LogP contribution is 2.08. The first-order chi connectivity index (χ1) is 4.86. The van der Waals surface area contributed by atoms with Crippen LogP contribution in [0.15, 0.2) is 18.7 Å². The van der Waals surface area contributed by atoms with Gasteiger partial charge in [-0.05, 0) is 6.08 Å². The van der Waals surface area contributed by atoms with Crippen molar-refractivity contribution in [2.24, 2.45) is 0 Å². The highest BCUT2D eigenvalue weighted by Gasteiger charge is 2.03. The van der Waals surface area contributed by atoms with Crippen molar-refractivity contribution in [3.05, 3.63) is 24.4 Å². The molecule has 0 radical (unpaired) electrons. The zero-order chi connectivity index (χ0) is 6.97. The van der Waals surface area contributed by atoms with Gasteiger partial charge in [-0.25, -0.2) is 4.98 Å². The number of hydrogen-bond donors (Lipinski definition) is 0. The second-order valence-electron chi connectivity index (χ2n) is 2.50. The molecule has 0 saturated carbocycles. The van der Waals surface area contributed by atoms with E-state index in [4.69, 9.17) is 0 Å². The average molecular weight is 135 g/mol. The van der Waals surface area contributed by atoms with E-state index in [9.17, 15) is 0 Å². The van der Waals surface area contributed by atoms with Crippen LogP contribution in [0.3, 0.4) is 0 Å². The van der Waals surface area contributed by atoms with E-state index >= 15 is 0 Å². The molecule has 1 aliphatic heterocycles. The van der Waals surface area contributed by atoms with E-state index in [2.05, 4.69) is 26.7 Å². The highest BCUT2D eigenvalue weighted by molar-refractivity contribution is 5.44. The molecule has 52 valence electrons. The Bertz CT molecular complexity index is 262. The SMILES string of the molecule is CN1C=Cc2cncn2C1. The third kappa shape index (κ3) is 0.708. The summed E-state index contributed by atoms with van der Waals surface area (Å²) in [4.78, 5) is 6.13. The molecule has 0 fully saturated rings. The molecule has 1 aliphatic rings. The first-order valence-corrected chi connectivity index (χ1v) is 3.25. The lowest BCUT2D eigenvalue weighted by atomic mass is 10.4. The van der Waals surface area contributed by atoms with Crippen LogP contribution in [-0.2, 0) is 6.67 Å². The Morgan fingerprint density at radius 3 is 3.40 bits per heavy atom. The van der Waals surface area contributed by atoms with Gasteiger partial charge in [0.25, 0.3) is 0 Å². The molecule has 0 N–H and O–H groups in total. The molecule has 3 heteroatoms.